The third-order valence-electron chi connectivity index (χ3n) is 3.77. The molecular formula is C20H18N2O5. The molecule has 7 heteroatoms. The molecule has 1 aromatic heterocycles. The predicted octanol–water partition coefficient (Wildman–Crippen LogP) is 3.38. The van der Waals surface area contributed by atoms with Gasteiger partial charge in [0.2, 0.25) is 0 Å². The van der Waals surface area contributed by atoms with Crippen LogP contribution in [0.3, 0.4) is 0 Å². The van der Waals surface area contributed by atoms with E-state index in [9.17, 15) is 9.59 Å². The number of hydrogen-bond donors (Lipinski definition) is 1. The van der Waals surface area contributed by atoms with Gasteiger partial charge in [-0.3, -0.25) is 4.79 Å². The van der Waals surface area contributed by atoms with E-state index in [1.165, 1.54) is 14.0 Å². The van der Waals surface area contributed by atoms with Crippen LogP contribution in [-0.4, -0.2) is 19.0 Å². The average Bonchev–Trinajstić information content (AvgIpc) is 2.66. The smallest absolute Gasteiger partial charge is 0.332 e. The molecule has 138 valence electrons. The maximum absolute atomic E-state index is 12.8. The summed E-state index contributed by atoms with van der Waals surface area (Å²) in [6.07, 6.45) is 0. The number of hydrogen-bond acceptors (Lipinski definition) is 6. The van der Waals surface area contributed by atoms with E-state index in [4.69, 9.17) is 9.15 Å². The Bertz CT molecular complexity index is 1070. The van der Waals surface area contributed by atoms with Gasteiger partial charge in [-0.25, -0.2) is 4.79 Å². The minimum atomic E-state index is -0.629. The van der Waals surface area contributed by atoms with Gasteiger partial charge in [0.25, 0.3) is 11.5 Å². The Kier molecular flexibility index (Phi) is 5.21. The molecule has 3 aromatic rings. The van der Waals surface area contributed by atoms with E-state index in [0.29, 0.717) is 22.4 Å². The summed E-state index contributed by atoms with van der Waals surface area (Å²) in [6, 6.07) is 14.2. The number of rotatable bonds is 4. The summed E-state index contributed by atoms with van der Waals surface area (Å²) >= 11 is 0. The van der Waals surface area contributed by atoms with Gasteiger partial charge in [0.05, 0.1) is 7.11 Å². The van der Waals surface area contributed by atoms with Crippen molar-refractivity contribution in [3.63, 3.8) is 0 Å². The van der Waals surface area contributed by atoms with Gasteiger partial charge in [-0.1, -0.05) is 29.8 Å². The van der Waals surface area contributed by atoms with Crippen molar-refractivity contribution in [2.45, 2.75) is 13.8 Å². The highest BCUT2D eigenvalue weighted by Crippen LogP contribution is 2.24. The number of para-hydroxylation sites is 1. The van der Waals surface area contributed by atoms with Gasteiger partial charge >= 0.3 is 5.97 Å². The molecule has 7 nitrogen and oxygen atoms in total. The van der Waals surface area contributed by atoms with Crippen LogP contribution in [0.1, 0.15) is 22.8 Å². The third kappa shape index (κ3) is 4.14. The number of nitrogens with one attached hydrogen (secondary N) is 1. The van der Waals surface area contributed by atoms with Crippen molar-refractivity contribution >= 4 is 28.5 Å². The Morgan fingerprint density at radius 3 is 2.52 bits per heavy atom. The van der Waals surface area contributed by atoms with Crippen LogP contribution < -0.4 is 15.6 Å². The van der Waals surface area contributed by atoms with Gasteiger partial charge in [0.1, 0.15) is 5.56 Å². The van der Waals surface area contributed by atoms with Gasteiger partial charge in [-0.15, -0.1) is 0 Å². The molecule has 1 N–H and O–H groups in total. The molecular weight excluding hydrogens is 348 g/mol. The Labute approximate surface area is 155 Å². The van der Waals surface area contributed by atoms with Crippen molar-refractivity contribution in [3.05, 3.63) is 65.2 Å². The van der Waals surface area contributed by atoms with Gasteiger partial charge in [0, 0.05) is 18.0 Å². The lowest BCUT2D eigenvalue weighted by molar-refractivity contribution is -0.141. The lowest BCUT2D eigenvalue weighted by Gasteiger charge is -2.08. The molecule has 0 aliphatic rings. The maximum Gasteiger partial charge on any atom is 0.332 e. The van der Waals surface area contributed by atoms with E-state index in [1.54, 1.807) is 36.4 Å². The van der Waals surface area contributed by atoms with Crippen molar-refractivity contribution in [1.82, 2.24) is 0 Å². The van der Waals surface area contributed by atoms with Crippen molar-refractivity contribution in [1.29, 1.82) is 0 Å². The first-order valence-corrected chi connectivity index (χ1v) is 8.18. The quantitative estimate of drug-likeness (QED) is 0.565. The standard InChI is InChI=1S/C20H18N2O5/c1-12-7-9-15(10-8-12)21-19(24)16-11-14-5-4-6-17(25-3)18(14)26-20(16)22-27-13(2)23/h4-11H,1-3H3,(H,21,24)/b22-20-. The molecule has 0 aliphatic carbocycles. The predicted molar refractivity (Wildman–Crippen MR) is 99.2 cm³/mol. The van der Waals surface area contributed by atoms with Gasteiger partial charge in [-0.2, -0.15) is 0 Å². The summed E-state index contributed by atoms with van der Waals surface area (Å²) in [5.74, 6) is -0.606. The fraction of sp³-hybridized carbons (Fsp3) is 0.150. The van der Waals surface area contributed by atoms with Gasteiger partial charge in [-0.05, 0) is 36.3 Å². The van der Waals surface area contributed by atoms with Crippen molar-refractivity contribution in [3.8, 4) is 5.75 Å². The van der Waals surface area contributed by atoms with Crippen molar-refractivity contribution in [2.75, 3.05) is 12.4 Å². The summed E-state index contributed by atoms with van der Waals surface area (Å²) < 4.78 is 11.0. The number of amides is 1. The zero-order valence-electron chi connectivity index (χ0n) is 15.1. The first-order chi connectivity index (χ1) is 13.0. The van der Waals surface area contributed by atoms with Crippen LogP contribution >= 0.6 is 0 Å². The molecule has 0 fully saturated rings. The molecule has 2 aromatic carbocycles. The van der Waals surface area contributed by atoms with Crippen LogP contribution in [0.15, 0.2) is 58.1 Å². The molecule has 0 radical (unpaired) electrons. The number of fused-ring (bicyclic) bond motifs is 1. The summed E-state index contributed by atoms with van der Waals surface area (Å²) in [5.41, 5.74) is 2.07. The van der Waals surface area contributed by atoms with Gasteiger partial charge in [0.15, 0.2) is 11.3 Å². The number of aryl methyl sites for hydroxylation is 1. The number of carbonyl (C=O) groups is 2. The largest absolute Gasteiger partial charge is 0.493 e. The zero-order chi connectivity index (χ0) is 19.4. The van der Waals surface area contributed by atoms with E-state index >= 15 is 0 Å². The Morgan fingerprint density at radius 1 is 1.11 bits per heavy atom. The van der Waals surface area contributed by atoms with Crippen LogP contribution in [0.5, 0.6) is 5.75 Å². The van der Waals surface area contributed by atoms with Crippen molar-refractivity contribution < 1.29 is 23.6 Å². The third-order valence-corrected chi connectivity index (χ3v) is 3.77. The molecule has 0 saturated carbocycles. The fourth-order valence-corrected chi connectivity index (χ4v) is 2.46. The monoisotopic (exact) mass is 366 g/mol. The highest BCUT2D eigenvalue weighted by molar-refractivity contribution is 6.05. The lowest BCUT2D eigenvalue weighted by atomic mass is 10.1. The molecule has 3 rings (SSSR count). The van der Waals surface area contributed by atoms with E-state index in [0.717, 1.165) is 5.56 Å². The molecule has 1 heterocycles. The SMILES string of the molecule is COc1cccc2cc(C(=O)Nc3ccc(C)cc3)/c(=N/OC(C)=O)oc12. The second-order valence-electron chi connectivity index (χ2n) is 5.84. The molecule has 0 bridgehead atoms. The summed E-state index contributed by atoms with van der Waals surface area (Å²) in [6.45, 7) is 3.16. The summed E-state index contributed by atoms with van der Waals surface area (Å²) in [5, 5.41) is 7.10. The normalized spacial score (nSPS) is 11.3. The maximum atomic E-state index is 12.8. The molecule has 0 aliphatic heterocycles. The minimum absolute atomic E-state index is 0.123. The lowest BCUT2D eigenvalue weighted by Crippen LogP contribution is -2.22. The minimum Gasteiger partial charge on any atom is -0.493 e. The van der Waals surface area contributed by atoms with Crippen molar-refractivity contribution in [2.24, 2.45) is 5.16 Å². The Morgan fingerprint density at radius 2 is 1.85 bits per heavy atom. The number of anilines is 1. The average molecular weight is 366 g/mol. The van der Waals surface area contributed by atoms with E-state index in [-0.39, 0.29) is 11.1 Å². The van der Waals surface area contributed by atoms with E-state index in [1.807, 2.05) is 19.1 Å². The Hall–Kier alpha value is -3.61. The highest BCUT2D eigenvalue weighted by atomic mass is 16.7. The highest BCUT2D eigenvalue weighted by Gasteiger charge is 2.15. The van der Waals surface area contributed by atoms with Crippen LogP contribution in [-0.2, 0) is 9.63 Å². The molecule has 0 saturated heterocycles. The topological polar surface area (TPSA) is 90.1 Å². The molecule has 1 amide bonds. The number of benzene rings is 2. The summed E-state index contributed by atoms with van der Waals surface area (Å²) in [7, 11) is 1.51. The van der Waals surface area contributed by atoms with E-state index in [2.05, 4.69) is 15.3 Å². The second kappa shape index (κ2) is 7.74. The number of ether oxygens (including phenoxy) is 1. The van der Waals surface area contributed by atoms with Crippen LogP contribution in [0.2, 0.25) is 0 Å². The number of nitrogens with zero attached hydrogens (tertiary/aromatic N) is 1. The number of methoxy groups -OCH3 is 1. The molecule has 27 heavy (non-hydrogen) atoms. The zero-order valence-corrected chi connectivity index (χ0v) is 15.1. The van der Waals surface area contributed by atoms with Gasteiger partial charge < -0.3 is 19.3 Å². The molecule has 0 spiro atoms. The van der Waals surface area contributed by atoms with Crippen LogP contribution in [0, 0.1) is 6.92 Å². The van der Waals surface area contributed by atoms with E-state index < -0.39 is 11.9 Å². The first kappa shape index (κ1) is 18.2. The molecule has 0 unspecified atom stereocenters. The Balaban J connectivity index is 2.10. The first-order valence-electron chi connectivity index (χ1n) is 8.18. The summed E-state index contributed by atoms with van der Waals surface area (Å²) in [4.78, 5) is 28.6. The number of carbonyl (C=O) groups excluding carboxylic acids is 2. The van der Waals surface area contributed by atoms with Crippen LogP contribution in [0.4, 0.5) is 5.69 Å². The molecule has 0 atom stereocenters. The second-order valence-corrected chi connectivity index (χ2v) is 5.84. The van der Waals surface area contributed by atoms with Crippen LogP contribution in [0.25, 0.3) is 11.0 Å². The fourth-order valence-electron chi connectivity index (χ4n) is 2.46.